The molecule has 1 heterocycles. The molecule has 0 fully saturated rings. The zero-order valence-corrected chi connectivity index (χ0v) is 8.51. The van der Waals surface area contributed by atoms with Crippen molar-refractivity contribution in [3.05, 3.63) is 35.6 Å². The van der Waals surface area contributed by atoms with Crippen LogP contribution in [0.2, 0.25) is 0 Å². The van der Waals surface area contributed by atoms with Crippen molar-refractivity contribution < 1.29 is 17.6 Å². The summed E-state index contributed by atoms with van der Waals surface area (Å²) in [5.74, 6) is 0.353. The van der Waals surface area contributed by atoms with Gasteiger partial charge >= 0.3 is 6.18 Å². The molecule has 2 aromatic rings. The highest BCUT2D eigenvalue weighted by Gasteiger charge is 2.33. The average Bonchev–Trinajstić information content (AvgIpc) is 2.58. The van der Waals surface area contributed by atoms with E-state index in [1.165, 1.54) is 18.2 Å². The van der Waals surface area contributed by atoms with Crippen LogP contribution in [0.1, 0.15) is 24.3 Å². The Labute approximate surface area is 89.8 Å². The van der Waals surface area contributed by atoms with Crippen LogP contribution < -0.4 is 5.73 Å². The SMILES string of the molecule is CC(N)c1cc2c(C(F)(F)F)cccc2o1. The third-order valence-electron chi connectivity index (χ3n) is 2.33. The zero-order valence-electron chi connectivity index (χ0n) is 8.51. The van der Waals surface area contributed by atoms with Crippen molar-refractivity contribution in [3.63, 3.8) is 0 Å². The molecule has 0 bridgehead atoms. The summed E-state index contributed by atoms with van der Waals surface area (Å²) >= 11 is 0. The summed E-state index contributed by atoms with van der Waals surface area (Å²) in [5, 5.41) is 0.0577. The van der Waals surface area contributed by atoms with Crippen molar-refractivity contribution >= 4 is 11.0 Å². The number of alkyl halides is 3. The monoisotopic (exact) mass is 229 g/mol. The van der Waals surface area contributed by atoms with Gasteiger partial charge in [-0.2, -0.15) is 13.2 Å². The molecule has 2 N–H and O–H groups in total. The lowest BCUT2D eigenvalue weighted by atomic mass is 10.1. The molecule has 0 aliphatic rings. The van der Waals surface area contributed by atoms with Crippen molar-refractivity contribution in [2.75, 3.05) is 0 Å². The van der Waals surface area contributed by atoms with Crippen LogP contribution in [-0.2, 0) is 6.18 Å². The summed E-state index contributed by atoms with van der Waals surface area (Å²) in [5.41, 5.74) is 5.08. The zero-order chi connectivity index (χ0) is 11.9. The Balaban J connectivity index is 2.68. The molecule has 16 heavy (non-hydrogen) atoms. The number of halogens is 3. The van der Waals surface area contributed by atoms with Crippen LogP contribution in [0.3, 0.4) is 0 Å². The Bertz CT molecular complexity index is 513. The van der Waals surface area contributed by atoms with E-state index >= 15 is 0 Å². The molecular formula is C11H10F3NO. The highest BCUT2D eigenvalue weighted by Crippen LogP contribution is 2.36. The van der Waals surface area contributed by atoms with Crippen molar-refractivity contribution in [1.29, 1.82) is 0 Å². The maximum atomic E-state index is 12.7. The predicted octanol–water partition coefficient (Wildman–Crippen LogP) is 3.47. The van der Waals surface area contributed by atoms with Gasteiger partial charge in [0.25, 0.3) is 0 Å². The van der Waals surface area contributed by atoms with Crippen LogP contribution >= 0.6 is 0 Å². The van der Waals surface area contributed by atoms with Gasteiger partial charge in [0, 0.05) is 5.39 Å². The van der Waals surface area contributed by atoms with E-state index in [0.29, 0.717) is 5.76 Å². The van der Waals surface area contributed by atoms with Crippen LogP contribution in [0, 0.1) is 0 Å². The molecule has 0 radical (unpaired) electrons. The first-order valence-corrected chi connectivity index (χ1v) is 4.75. The number of nitrogens with two attached hydrogens (primary N) is 1. The Morgan fingerprint density at radius 3 is 2.56 bits per heavy atom. The van der Waals surface area contributed by atoms with Gasteiger partial charge in [-0.25, -0.2) is 0 Å². The minimum Gasteiger partial charge on any atom is -0.459 e. The van der Waals surface area contributed by atoms with E-state index in [2.05, 4.69) is 0 Å². The molecular weight excluding hydrogens is 219 g/mol. The molecule has 1 aromatic heterocycles. The summed E-state index contributed by atoms with van der Waals surface area (Å²) in [4.78, 5) is 0. The van der Waals surface area contributed by atoms with E-state index in [0.717, 1.165) is 6.07 Å². The summed E-state index contributed by atoms with van der Waals surface area (Å²) < 4.78 is 43.2. The van der Waals surface area contributed by atoms with Gasteiger partial charge < -0.3 is 10.2 Å². The molecule has 0 saturated carbocycles. The molecule has 86 valence electrons. The van der Waals surface area contributed by atoms with Crippen LogP contribution in [0.5, 0.6) is 0 Å². The number of hydrogen-bond acceptors (Lipinski definition) is 2. The lowest BCUT2D eigenvalue weighted by Crippen LogP contribution is -2.05. The van der Waals surface area contributed by atoms with Gasteiger partial charge in [-0.05, 0) is 25.1 Å². The number of fused-ring (bicyclic) bond motifs is 1. The van der Waals surface area contributed by atoms with Gasteiger partial charge in [-0.3, -0.25) is 0 Å². The highest BCUT2D eigenvalue weighted by molar-refractivity contribution is 5.82. The summed E-state index contributed by atoms with van der Waals surface area (Å²) in [6, 6.07) is 4.77. The summed E-state index contributed by atoms with van der Waals surface area (Å²) in [7, 11) is 0. The second kappa shape index (κ2) is 3.52. The van der Waals surface area contributed by atoms with Crippen LogP contribution in [0.15, 0.2) is 28.7 Å². The number of rotatable bonds is 1. The molecule has 1 atom stereocenters. The third-order valence-corrected chi connectivity index (χ3v) is 2.33. The van der Waals surface area contributed by atoms with Crippen molar-refractivity contribution in [2.24, 2.45) is 5.73 Å². The Hall–Kier alpha value is -1.49. The van der Waals surface area contributed by atoms with Gasteiger partial charge in [0.05, 0.1) is 11.6 Å². The lowest BCUT2D eigenvalue weighted by Gasteiger charge is -2.06. The van der Waals surface area contributed by atoms with Crippen LogP contribution in [0.25, 0.3) is 11.0 Å². The molecule has 5 heteroatoms. The third kappa shape index (κ3) is 1.78. The van der Waals surface area contributed by atoms with Gasteiger partial charge in [0.2, 0.25) is 0 Å². The molecule has 0 aliphatic carbocycles. The second-order valence-corrected chi connectivity index (χ2v) is 3.65. The molecule has 2 nitrogen and oxygen atoms in total. The minimum atomic E-state index is -4.38. The van der Waals surface area contributed by atoms with E-state index in [1.54, 1.807) is 6.92 Å². The van der Waals surface area contributed by atoms with E-state index in [4.69, 9.17) is 10.2 Å². The maximum absolute atomic E-state index is 12.7. The van der Waals surface area contributed by atoms with Gasteiger partial charge in [-0.15, -0.1) is 0 Å². The van der Waals surface area contributed by atoms with Crippen molar-refractivity contribution in [1.82, 2.24) is 0 Å². The lowest BCUT2D eigenvalue weighted by molar-refractivity contribution is -0.136. The van der Waals surface area contributed by atoms with E-state index in [1.807, 2.05) is 0 Å². The van der Waals surface area contributed by atoms with Crippen molar-refractivity contribution in [3.8, 4) is 0 Å². The molecule has 0 aliphatic heterocycles. The summed E-state index contributed by atoms with van der Waals surface area (Å²) in [6.07, 6.45) is -4.38. The fraction of sp³-hybridized carbons (Fsp3) is 0.273. The number of benzene rings is 1. The molecule has 2 rings (SSSR count). The standard InChI is InChI=1S/C11H10F3NO/c1-6(15)10-5-7-8(11(12,13)14)3-2-4-9(7)16-10/h2-6H,15H2,1H3. The van der Waals surface area contributed by atoms with Crippen LogP contribution in [0.4, 0.5) is 13.2 Å². The van der Waals surface area contributed by atoms with E-state index in [9.17, 15) is 13.2 Å². The molecule has 1 unspecified atom stereocenters. The predicted molar refractivity (Wildman–Crippen MR) is 53.8 cm³/mol. The quantitative estimate of drug-likeness (QED) is 0.813. The van der Waals surface area contributed by atoms with Crippen molar-refractivity contribution in [2.45, 2.75) is 19.1 Å². The highest BCUT2D eigenvalue weighted by atomic mass is 19.4. The van der Waals surface area contributed by atoms with E-state index in [-0.39, 0.29) is 11.0 Å². The fourth-order valence-corrected chi connectivity index (χ4v) is 1.55. The largest absolute Gasteiger partial charge is 0.459 e. The minimum absolute atomic E-state index is 0.0577. The van der Waals surface area contributed by atoms with Gasteiger partial charge in [0.1, 0.15) is 11.3 Å². The first kappa shape index (κ1) is 11.0. The van der Waals surface area contributed by atoms with Crippen LogP contribution in [-0.4, -0.2) is 0 Å². The first-order valence-electron chi connectivity index (χ1n) is 4.75. The second-order valence-electron chi connectivity index (χ2n) is 3.65. The van der Waals surface area contributed by atoms with Gasteiger partial charge in [0.15, 0.2) is 0 Å². The summed E-state index contributed by atoms with van der Waals surface area (Å²) in [6.45, 7) is 1.66. The normalized spacial score (nSPS) is 14.3. The number of hydrogen-bond donors (Lipinski definition) is 1. The first-order chi connectivity index (χ1) is 7.39. The topological polar surface area (TPSA) is 39.2 Å². The number of furan rings is 1. The van der Waals surface area contributed by atoms with E-state index < -0.39 is 17.8 Å². The maximum Gasteiger partial charge on any atom is 0.417 e. The smallest absolute Gasteiger partial charge is 0.417 e. The Morgan fingerprint density at radius 2 is 2.00 bits per heavy atom. The molecule has 0 amide bonds. The molecule has 0 spiro atoms. The fourth-order valence-electron chi connectivity index (χ4n) is 1.55. The average molecular weight is 229 g/mol. The Morgan fingerprint density at radius 1 is 1.31 bits per heavy atom. The van der Waals surface area contributed by atoms with Gasteiger partial charge in [-0.1, -0.05) is 6.07 Å². The molecule has 0 saturated heterocycles. The Kier molecular flexibility index (Phi) is 2.42. The molecule has 1 aromatic carbocycles.